The number of pyridine rings is 2. The molecule has 1 N–H and O–H groups in total. The van der Waals surface area contributed by atoms with Crippen LogP contribution in [0.1, 0.15) is 6.42 Å². The molecular weight excluding hydrogens is 434 g/mol. The number of ether oxygens (including phenoxy) is 1. The van der Waals surface area contributed by atoms with Crippen molar-refractivity contribution in [3.8, 4) is 5.75 Å². The number of benzene rings is 2. The van der Waals surface area contributed by atoms with Crippen LogP contribution in [0.4, 0.5) is 11.4 Å². The van der Waals surface area contributed by atoms with Crippen molar-refractivity contribution in [2.24, 2.45) is 0 Å². The highest BCUT2D eigenvalue weighted by Crippen LogP contribution is 2.29. The first-order chi connectivity index (χ1) is 16.2. The average Bonchev–Trinajstić information content (AvgIpc) is 2.86. The van der Waals surface area contributed by atoms with E-state index in [-0.39, 0.29) is 0 Å². The van der Waals surface area contributed by atoms with Crippen LogP contribution in [0, 0.1) is 0 Å². The maximum Gasteiger partial charge on any atom is 0.121 e. The van der Waals surface area contributed by atoms with E-state index >= 15 is 0 Å². The van der Waals surface area contributed by atoms with E-state index in [1.807, 2.05) is 42.7 Å². The molecule has 0 unspecified atom stereocenters. The van der Waals surface area contributed by atoms with Gasteiger partial charge in [-0.2, -0.15) is 0 Å². The van der Waals surface area contributed by atoms with Gasteiger partial charge in [-0.25, -0.2) is 0 Å². The molecule has 0 saturated carbocycles. The molecule has 0 radical (unpaired) electrons. The summed E-state index contributed by atoms with van der Waals surface area (Å²) >= 11 is 6.14. The predicted molar refractivity (Wildman–Crippen MR) is 137 cm³/mol. The molecule has 1 aliphatic rings. The average molecular weight is 462 g/mol. The van der Waals surface area contributed by atoms with Gasteiger partial charge >= 0.3 is 0 Å². The Morgan fingerprint density at radius 2 is 1.88 bits per heavy atom. The Morgan fingerprint density at radius 3 is 2.73 bits per heavy atom. The number of methoxy groups -OCH3 is 1. The zero-order valence-electron chi connectivity index (χ0n) is 18.8. The van der Waals surface area contributed by atoms with Gasteiger partial charge in [-0.05, 0) is 49.4 Å². The molecule has 1 fully saturated rings. The summed E-state index contributed by atoms with van der Waals surface area (Å²) in [6.07, 6.45) is 4.78. The monoisotopic (exact) mass is 461 g/mol. The molecule has 7 heteroatoms. The van der Waals surface area contributed by atoms with Gasteiger partial charge in [-0.15, -0.1) is 0 Å². The Morgan fingerprint density at radius 1 is 1.00 bits per heavy atom. The third-order valence-electron chi connectivity index (χ3n) is 6.28. The number of anilines is 2. The molecule has 2 aromatic carbocycles. The van der Waals surface area contributed by atoms with Crippen LogP contribution >= 0.6 is 11.6 Å². The normalized spacial score (nSPS) is 14.7. The zero-order chi connectivity index (χ0) is 22.6. The maximum absolute atomic E-state index is 6.14. The highest BCUT2D eigenvalue weighted by Gasteiger charge is 2.18. The molecule has 1 aliphatic heterocycles. The predicted octanol–water partition coefficient (Wildman–Crippen LogP) is 5.07. The first-order valence-corrected chi connectivity index (χ1v) is 11.8. The molecule has 33 heavy (non-hydrogen) atoms. The highest BCUT2D eigenvalue weighted by atomic mass is 35.5. The van der Waals surface area contributed by atoms with Crippen LogP contribution in [-0.4, -0.2) is 61.2 Å². The van der Waals surface area contributed by atoms with Gasteiger partial charge in [0.1, 0.15) is 5.75 Å². The van der Waals surface area contributed by atoms with E-state index < -0.39 is 0 Å². The highest BCUT2D eigenvalue weighted by molar-refractivity contribution is 6.31. The third-order valence-corrected chi connectivity index (χ3v) is 6.51. The number of rotatable bonds is 7. The number of hydrogen-bond donors (Lipinski definition) is 1. The minimum atomic E-state index is 0.725. The Kier molecular flexibility index (Phi) is 6.46. The van der Waals surface area contributed by atoms with Gasteiger partial charge in [0.15, 0.2) is 0 Å². The summed E-state index contributed by atoms with van der Waals surface area (Å²) in [4.78, 5) is 14.0. The second-order valence-corrected chi connectivity index (χ2v) is 8.79. The van der Waals surface area contributed by atoms with Crippen LogP contribution < -0.4 is 15.0 Å². The number of hydrogen-bond acceptors (Lipinski definition) is 6. The molecule has 4 aromatic rings. The van der Waals surface area contributed by atoms with Gasteiger partial charge in [0, 0.05) is 72.7 Å². The van der Waals surface area contributed by atoms with Crippen LogP contribution in [0.25, 0.3) is 21.8 Å². The standard InChI is InChI=1S/C26H28ClN5O/c1-33-21-16-19-4-2-8-30-26(19)24(18-21)28-9-3-11-31-12-14-32(15-13-31)25-7-10-29-23-17-20(27)5-6-22(23)25/h2,4-8,10,16-18,28H,3,9,11-15H2,1H3. The maximum atomic E-state index is 6.14. The number of aromatic nitrogens is 2. The lowest BCUT2D eigenvalue weighted by atomic mass is 10.1. The van der Waals surface area contributed by atoms with E-state index in [4.69, 9.17) is 16.3 Å². The summed E-state index contributed by atoms with van der Waals surface area (Å²) in [5.41, 5.74) is 4.21. The number of fused-ring (bicyclic) bond motifs is 2. The summed E-state index contributed by atoms with van der Waals surface area (Å²) in [6.45, 7) is 6.11. The van der Waals surface area contributed by atoms with Gasteiger partial charge < -0.3 is 15.0 Å². The van der Waals surface area contributed by atoms with Gasteiger partial charge in [0.25, 0.3) is 0 Å². The van der Waals surface area contributed by atoms with Crippen LogP contribution in [-0.2, 0) is 0 Å². The van der Waals surface area contributed by atoms with Crippen molar-refractivity contribution >= 4 is 44.8 Å². The van der Waals surface area contributed by atoms with E-state index in [9.17, 15) is 0 Å². The summed E-state index contributed by atoms with van der Waals surface area (Å²) in [7, 11) is 1.70. The topological polar surface area (TPSA) is 53.5 Å². The lowest BCUT2D eigenvalue weighted by Gasteiger charge is -2.36. The summed E-state index contributed by atoms with van der Waals surface area (Å²) in [6, 6.07) is 16.1. The van der Waals surface area contributed by atoms with Crippen molar-refractivity contribution in [3.63, 3.8) is 0 Å². The summed E-state index contributed by atoms with van der Waals surface area (Å²) in [5.74, 6) is 0.847. The second kappa shape index (κ2) is 9.81. The SMILES string of the molecule is COc1cc(NCCCN2CCN(c3ccnc4cc(Cl)ccc34)CC2)c2ncccc2c1. The fourth-order valence-corrected chi connectivity index (χ4v) is 4.70. The molecule has 0 spiro atoms. The molecule has 1 saturated heterocycles. The molecular formula is C26H28ClN5O. The van der Waals surface area contributed by atoms with E-state index in [1.54, 1.807) is 7.11 Å². The molecule has 0 atom stereocenters. The van der Waals surface area contributed by atoms with Crippen molar-refractivity contribution in [1.82, 2.24) is 14.9 Å². The van der Waals surface area contributed by atoms with E-state index in [0.717, 1.165) is 78.6 Å². The summed E-state index contributed by atoms with van der Waals surface area (Å²) < 4.78 is 5.45. The third kappa shape index (κ3) is 4.82. The number of halogens is 1. The number of nitrogens with one attached hydrogen (secondary N) is 1. The van der Waals surface area contributed by atoms with Crippen molar-refractivity contribution in [3.05, 3.63) is 65.9 Å². The summed E-state index contributed by atoms with van der Waals surface area (Å²) in [5, 5.41) is 6.54. The van der Waals surface area contributed by atoms with Crippen LogP contribution in [0.5, 0.6) is 5.75 Å². The first kappa shape index (κ1) is 21.7. The second-order valence-electron chi connectivity index (χ2n) is 8.35. The Labute approximate surface area is 199 Å². The van der Waals surface area contributed by atoms with Crippen LogP contribution in [0.3, 0.4) is 0 Å². The van der Waals surface area contributed by atoms with Crippen molar-refractivity contribution in [2.75, 3.05) is 56.6 Å². The van der Waals surface area contributed by atoms with Gasteiger partial charge in [0.2, 0.25) is 0 Å². The molecule has 3 heterocycles. The fourth-order valence-electron chi connectivity index (χ4n) is 4.54. The van der Waals surface area contributed by atoms with E-state index in [2.05, 4.69) is 43.3 Å². The van der Waals surface area contributed by atoms with Crippen LogP contribution in [0.2, 0.25) is 5.02 Å². The minimum absolute atomic E-state index is 0.725. The first-order valence-electron chi connectivity index (χ1n) is 11.4. The number of nitrogens with zero attached hydrogens (tertiary/aromatic N) is 4. The van der Waals surface area contributed by atoms with E-state index in [0.29, 0.717) is 0 Å². The largest absolute Gasteiger partial charge is 0.497 e. The van der Waals surface area contributed by atoms with Crippen LogP contribution in [0.15, 0.2) is 60.9 Å². The molecule has 0 bridgehead atoms. The van der Waals surface area contributed by atoms with Gasteiger partial charge in [-0.3, -0.25) is 14.9 Å². The zero-order valence-corrected chi connectivity index (χ0v) is 19.6. The quantitative estimate of drug-likeness (QED) is 0.388. The molecule has 170 valence electrons. The van der Waals surface area contributed by atoms with E-state index in [1.165, 1.54) is 11.1 Å². The Bertz CT molecular complexity index is 1260. The number of piperazine rings is 1. The smallest absolute Gasteiger partial charge is 0.121 e. The molecule has 0 amide bonds. The molecule has 0 aliphatic carbocycles. The van der Waals surface area contributed by atoms with Crippen molar-refractivity contribution in [2.45, 2.75) is 6.42 Å². The minimum Gasteiger partial charge on any atom is -0.497 e. The fraction of sp³-hybridized carbons (Fsp3) is 0.308. The Hall–Kier alpha value is -3.09. The van der Waals surface area contributed by atoms with Crippen molar-refractivity contribution < 1.29 is 4.74 Å². The van der Waals surface area contributed by atoms with Gasteiger partial charge in [0.05, 0.1) is 23.8 Å². The molecule has 5 rings (SSSR count). The molecule has 2 aromatic heterocycles. The lowest BCUT2D eigenvalue weighted by molar-refractivity contribution is 0.257. The molecule has 6 nitrogen and oxygen atoms in total. The Balaban J connectivity index is 1.15. The van der Waals surface area contributed by atoms with Crippen molar-refractivity contribution in [1.29, 1.82) is 0 Å². The lowest BCUT2D eigenvalue weighted by Crippen LogP contribution is -2.46. The van der Waals surface area contributed by atoms with Gasteiger partial charge in [-0.1, -0.05) is 17.7 Å².